The van der Waals surface area contributed by atoms with E-state index < -0.39 is 0 Å². The van der Waals surface area contributed by atoms with Gasteiger partial charge < -0.3 is 10.2 Å². The minimum Gasteiger partial charge on any atom is -0.349 e. The lowest BCUT2D eigenvalue weighted by atomic mass is 9.90. The Kier molecular flexibility index (Phi) is 7.38. The van der Waals surface area contributed by atoms with Crippen molar-refractivity contribution in [1.82, 2.24) is 20.1 Å². The molecule has 0 unspecified atom stereocenters. The van der Waals surface area contributed by atoms with Crippen LogP contribution in [0.15, 0.2) is 35.7 Å². The topological polar surface area (TPSA) is 48.5 Å². The molecular weight excluding hydrogens is 356 g/mol. The third kappa shape index (κ3) is 6.41. The van der Waals surface area contributed by atoms with Crippen molar-refractivity contribution in [3.63, 3.8) is 0 Å². The Bertz CT molecular complexity index is 708. The van der Waals surface area contributed by atoms with Gasteiger partial charge in [-0.2, -0.15) is 0 Å². The average molecular weight is 387 g/mol. The number of carbonyl (C=O) groups is 1. The monoisotopic (exact) mass is 386 g/mol. The van der Waals surface area contributed by atoms with Gasteiger partial charge in [0.25, 0.3) is 5.91 Å². The Morgan fingerprint density at radius 2 is 2.00 bits per heavy atom. The normalized spacial score (nSPS) is 16.0. The zero-order valence-corrected chi connectivity index (χ0v) is 17.2. The van der Waals surface area contributed by atoms with E-state index in [2.05, 4.69) is 45.5 Å². The van der Waals surface area contributed by atoms with Gasteiger partial charge in [0.1, 0.15) is 10.7 Å². The molecular formula is C21H30N4OS. The highest BCUT2D eigenvalue weighted by Crippen LogP contribution is 2.23. The number of aromatic nitrogens is 1. The minimum absolute atomic E-state index is 0.0686. The maximum Gasteiger partial charge on any atom is 0.270 e. The molecule has 146 valence electrons. The quantitative estimate of drug-likeness (QED) is 0.758. The van der Waals surface area contributed by atoms with Crippen molar-refractivity contribution in [1.29, 1.82) is 0 Å². The number of rotatable bonds is 8. The van der Waals surface area contributed by atoms with Crippen molar-refractivity contribution < 1.29 is 4.79 Å². The number of hydrogen-bond acceptors (Lipinski definition) is 5. The second-order valence-electron chi connectivity index (χ2n) is 7.59. The molecule has 0 bridgehead atoms. The van der Waals surface area contributed by atoms with E-state index in [9.17, 15) is 4.79 Å². The van der Waals surface area contributed by atoms with Gasteiger partial charge in [0.15, 0.2) is 0 Å². The van der Waals surface area contributed by atoms with Gasteiger partial charge in [-0.15, -0.1) is 11.3 Å². The number of piperidine rings is 1. The second-order valence-corrected chi connectivity index (χ2v) is 8.54. The molecule has 1 aliphatic heterocycles. The van der Waals surface area contributed by atoms with Gasteiger partial charge in [0, 0.05) is 18.5 Å². The van der Waals surface area contributed by atoms with E-state index >= 15 is 0 Å². The SMILES string of the molecule is CN(C)CCNC(=O)c1csc(CN2CCC(Cc3ccccc3)CC2)n1. The van der Waals surface area contributed by atoms with Gasteiger partial charge >= 0.3 is 0 Å². The first-order chi connectivity index (χ1) is 13.1. The number of thiazole rings is 1. The van der Waals surface area contributed by atoms with E-state index in [-0.39, 0.29) is 5.91 Å². The number of likely N-dealkylation sites (tertiary alicyclic amines) is 1. The third-order valence-electron chi connectivity index (χ3n) is 5.06. The van der Waals surface area contributed by atoms with E-state index in [0.29, 0.717) is 12.2 Å². The molecule has 0 atom stereocenters. The molecule has 2 heterocycles. The summed E-state index contributed by atoms with van der Waals surface area (Å²) in [4.78, 5) is 21.2. The summed E-state index contributed by atoms with van der Waals surface area (Å²) in [5, 5.41) is 5.84. The van der Waals surface area contributed by atoms with E-state index in [4.69, 9.17) is 0 Å². The average Bonchev–Trinajstić information content (AvgIpc) is 3.12. The third-order valence-corrected chi connectivity index (χ3v) is 5.90. The van der Waals surface area contributed by atoms with Crippen molar-refractivity contribution in [2.45, 2.75) is 25.8 Å². The highest BCUT2D eigenvalue weighted by atomic mass is 32.1. The molecule has 1 aliphatic rings. The molecule has 1 N–H and O–H groups in total. The highest BCUT2D eigenvalue weighted by Gasteiger charge is 2.21. The molecule has 1 amide bonds. The summed E-state index contributed by atoms with van der Waals surface area (Å²) in [6, 6.07) is 10.8. The van der Waals surface area contributed by atoms with Gasteiger partial charge in [-0.25, -0.2) is 4.98 Å². The molecule has 1 aromatic carbocycles. The molecule has 0 radical (unpaired) electrons. The van der Waals surface area contributed by atoms with Crippen LogP contribution in [0.5, 0.6) is 0 Å². The van der Waals surface area contributed by atoms with Gasteiger partial charge in [0.05, 0.1) is 6.54 Å². The van der Waals surface area contributed by atoms with Crippen LogP contribution in [0.4, 0.5) is 0 Å². The largest absolute Gasteiger partial charge is 0.349 e. The van der Waals surface area contributed by atoms with Crippen molar-refractivity contribution >= 4 is 17.2 Å². The van der Waals surface area contributed by atoms with Crippen molar-refractivity contribution in [2.24, 2.45) is 5.92 Å². The van der Waals surface area contributed by atoms with Crippen LogP contribution in [0.1, 0.15) is 33.9 Å². The smallest absolute Gasteiger partial charge is 0.270 e. The fourth-order valence-corrected chi connectivity index (χ4v) is 4.27. The van der Waals surface area contributed by atoms with Crippen molar-refractivity contribution in [3.8, 4) is 0 Å². The maximum absolute atomic E-state index is 12.1. The van der Waals surface area contributed by atoms with E-state index in [1.165, 1.54) is 24.8 Å². The molecule has 3 rings (SSSR count). The van der Waals surface area contributed by atoms with Crippen LogP contribution in [0, 0.1) is 5.92 Å². The molecule has 6 heteroatoms. The lowest BCUT2D eigenvalue weighted by molar-refractivity contribution is 0.0946. The number of nitrogens with zero attached hydrogens (tertiary/aromatic N) is 3. The van der Waals surface area contributed by atoms with Gasteiger partial charge in [-0.1, -0.05) is 30.3 Å². The number of carbonyl (C=O) groups excluding carboxylic acids is 1. The number of hydrogen-bond donors (Lipinski definition) is 1. The fourth-order valence-electron chi connectivity index (χ4n) is 3.46. The summed E-state index contributed by atoms with van der Waals surface area (Å²) >= 11 is 1.59. The second kappa shape index (κ2) is 9.97. The zero-order valence-electron chi connectivity index (χ0n) is 16.4. The maximum atomic E-state index is 12.1. The summed E-state index contributed by atoms with van der Waals surface area (Å²) in [6.07, 6.45) is 3.65. The first kappa shape index (κ1) is 20.0. The predicted octanol–water partition coefficient (Wildman–Crippen LogP) is 2.89. The Labute approximate surface area is 166 Å². The van der Waals surface area contributed by atoms with E-state index in [1.807, 2.05) is 24.4 Å². The Hall–Kier alpha value is -1.76. The summed E-state index contributed by atoms with van der Waals surface area (Å²) < 4.78 is 0. The molecule has 1 aromatic heterocycles. The Balaban J connectivity index is 1.41. The van der Waals surface area contributed by atoms with Crippen LogP contribution in [0.2, 0.25) is 0 Å². The standard InChI is InChI=1S/C21H30N4OS/c1-24(2)13-10-22-21(26)19-16-27-20(23-19)15-25-11-8-18(9-12-25)14-17-6-4-3-5-7-17/h3-7,16,18H,8-15H2,1-2H3,(H,22,26). The van der Waals surface area contributed by atoms with Crippen LogP contribution < -0.4 is 5.32 Å². The number of nitrogens with one attached hydrogen (secondary N) is 1. The van der Waals surface area contributed by atoms with E-state index in [0.717, 1.165) is 37.1 Å². The lowest BCUT2D eigenvalue weighted by Gasteiger charge is -2.31. The fraction of sp³-hybridized carbons (Fsp3) is 0.524. The molecule has 0 spiro atoms. The molecule has 0 saturated carbocycles. The summed E-state index contributed by atoms with van der Waals surface area (Å²) in [5.74, 6) is 0.707. The van der Waals surface area contributed by atoms with E-state index in [1.54, 1.807) is 11.3 Å². The minimum atomic E-state index is -0.0686. The van der Waals surface area contributed by atoms with Crippen LogP contribution in [0.3, 0.4) is 0 Å². The molecule has 0 aliphatic carbocycles. The molecule has 1 saturated heterocycles. The van der Waals surface area contributed by atoms with Crippen LogP contribution in [0.25, 0.3) is 0 Å². The zero-order chi connectivity index (χ0) is 19.1. The first-order valence-electron chi connectivity index (χ1n) is 9.74. The van der Waals surface area contributed by atoms with Crippen LogP contribution >= 0.6 is 11.3 Å². The van der Waals surface area contributed by atoms with Gasteiger partial charge in [-0.05, 0) is 57.9 Å². The molecule has 5 nitrogen and oxygen atoms in total. The van der Waals surface area contributed by atoms with Crippen LogP contribution in [-0.4, -0.2) is 61.0 Å². The predicted molar refractivity (Wildman–Crippen MR) is 111 cm³/mol. The van der Waals surface area contributed by atoms with Gasteiger partial charge in [0.2, 0.25) is 0 Å². The Morgan fingerprint density at radius 1 is 1.26 bits per heavy atom. The number of amides is 1. The number of benzene rings is 1. The first-order valence-corrected chi connectivity index (χ1v) is 10.6. The highest BCUT2D eigenvalue weighted by molar-refractivity contribution is 7.09. The van der Waals surface area contributed by atoms with Crippen molar-refractivity contribution in [2.75, 3.05) is 40.3 Å². The summed E-state index contributed by atoms with van der Waals surface area (Å²) in [5.41, 5.74) is 1.99. The lowest BCUT2D eigenvalue weighted by Crippen LogP contribution is -2.34. The summed E-state index contributed by atoms with van der Waals surface area (Å²) in [7, 11) is 3.99. The molecule has 2 aromatic rings. The van der Waals surface area contributed by atoms with Crippen LogP contribution in [-0.2, 0) is 13.0 Å². The van der Waals surface area contributed by atoms with Gasteiger partial charge in [-0.3, -0.25) is 9.69 Å². The van der Waals surface area contributed by atoms with Crippen molar-refractivity contribution in [3.05, 3.63) is 52.0 Å². The molecule has 27 heavy (non-hydrogen) atoms. The molecule has 1 fully saturated rings. The summed E-state index contributed by atoms with van der Waals surface area (Å²) in [6.45, 7) is 4.56. The Morgan fingerprint density at radius 3 is 2.70 bits per heavy atom. The number of likely N-dealkylation sites (N-methyl/N-ethyl adjacent to an activating group) is 1.